The first-order valence-electron chi connectivity index (χ1n) is 11.9. The molecule has 5 aromatic rings. The van der Waals surface area contributed by atoms with Crippen LogP contribution in [0.25, 0.3) is 20.7 Å². The van der Waals surface area contributed by atoms with Gasteiger partial charge in [-0.2, -0.15) is 0 Å². The average molecular weight is 514 g/mol. The van der Waals surface area contributed by atoms with E-state index in [1.54, 1.807) is 44.0 Å². The Morgan fingerprint density at radius 1 is 1.16 bits per heavy atom. The topological polar surface area (TPSA) is 102 Å². The zero-order valence-electron chi connectivity index (χ0n) is 20.6. The molecule has 0 amide bonds. The number of anilines is 1. The number of nitrogens with zero attached hydrogens (tertiary/aromatic N) is 4. The van der Waals surface area contributed by atoms with Crippen molar-refractivity contribution in [2.24, 2.45) is 0 Å². The number of aromatic nitrogens is 4. The molecule has 0 aliphatic carbocycles. The van der Waals surface area contributed by atoms with Crippen molar-refractivity contribution in [1.82, 2.24) is 19.5 Å². The van der Waals surface area contributed by atoms with E-state index in [9.17, 15) is 9.90 Å². The van der Waals surface area contributed by atoms with Crippen LogP contribution in [0.5, 0.6) is 5.75 Å². The van der Waals surface area contributed by atoms with Crippen molar-refractivity contribution in [3.63, 3.8) is 0 Å². The second-order valence-electron chi connectivity index (χ2n) is 8.76. The minimum atomic E-state index is -0.309. The lowest BCUT2D eigenvalue weighted by atomic mass is 10.1. The summed E-state index contributed by atoms with van der Waals surface area (Å²) in [5.74, 6) is 1.18. The van der Waals surface area contributed by atoms with Gasteiger partial charge in [0.05, 0.1) is 48.9 Å². The third-order valence-electron chi connectivity index (χ3n) is 6.07. The second-order valence-corrected chi connectivity index (χ2v) is 9.85. The molecule has 3 aromatic heterocycles. The lowest BCUT2D eigenvalue weighted by molar-refractivity contribution is 0.101. The Bertz CT molecular complexity index is 1510. The number of aliphatic hydroxyl groups is 1. The molecule has 0 saturated carbocycles. The number of benzene rings is 2. The fourth-order valence-corrected chi connectivity index (χ4v) is 5.22. The van der Waals surface area contributed by atoms with Crippen LogP contribution in [0.4, 0.5) is 5.95 Å². The lowest BCUT2D eigenvalue weighted by Gasteiger charge is -2.15. The van der Waals surface area contributed by atoms with Crippen LogP contribution in [0.1, 0.15) is 28.5 Å². The van der Waals surface area contributed by atoms with Crippen LogP contribution in [0.15, 0.2) is 73.3 Å². The summed E-state index contributed by atoms with van der Waals surface area (Å²) in [5, 5.41) is 14.5. The molecule has 2 aromatic carbocycles. The van der Waals surface area contributed by atoms with Crippen molar-refractivity contribution in [2.45, 2.75) is 25.9 Å². The van der Waals surface area contributed by atoms with E-state index in [4.69, 9.17) is 4.74 Å². The van der Waals surface area contributed by atoms with E-state index in [0.29, 0.717) is 30.2 Å². The van der Waals surface area contributed by atoms with E-state index >= 15 is 0 Å². The molecule has 5 rings (SSSR count). The molecule has 8 nitrogen and oxygen atoms in total. The van der Waals surface area contributed by atoms with Gasteiger partial charge in [0.15, 0.2) is 5.78 Å². The molecule has 3 heterocycles. The highest BCUT2D eigenvalue weighted by Gasteiger charge is 2.15. The Balaban J connectivity index is 1.28. The van der Waals surface area contributed by atoms with Crippen molar-refractivity contribution >= 4 is 33.2 Å². The lowest BCUT2D eigenvalue weighted by Crippen LogP contribution is -2.27. The predicted molar refractivity (Wildman–Crippen MR) is 145 cm³/mol. The first kappa shape index (κ1) is 24.6. The first-order valence-corrected chi connectivity index (χ1v) is 12.7. The van der Waals surface area contributed by atoms with Crippen LogP contribution in [0.2, 0.25) is 0 Å². The average Bonchev–Trinajstić information content (AvgIpc) is 3.55. The maximum atomic E-state index is 11.8. The predicted octanol–water partition coefficient (Wildman–Crippen LogP) is 4.83. The third-order valence-corrected chi connectivity index (χ3v) is 7.21. The maximum absolute atomic E-state index is 11.8. The molecule has 188 valence electrons. The normalized spacial score (nSPS) is 12.0. The zero-order valence-corrected chi connectivity index (χ0v) is 21.4. The number of carbonyl (C=O) groups is 1. The van der Waals surface area contributed by atoms with Gasteiger partial charge >= 0.3 is 0 Å². The molecule has 0 radical (unpaired) electrons. The number of rotatable bonds is 10. The number of nitrogens with one attached hydrogen (secondary N) is 1. The van der Waals surface area contributed by atoms with E-state index < -0.39 is 0 Å². The summed E-state index contributed by atoms with van der Waals surface area (Å²) in [6.45, 7) is 1.96. The van der Waals surface area contributed by atoms with Gasteiger partial charge in [-0.1, -0.05) is 18.2 Å². The number of hydrogen-bond donors (Lipinski definition) is 2. The molecular formula is C28H27N5O3S. The standard InChI is InChI=1S/C28H27N5O3S/c1-18(35)19-7-8-25(36-2)21(11-19)14-33-15-22(30-17-33)13-23(16-34)31-28-29-10-9-24(32-28)27-12-20-5-3-4-6-26(20)37-27/h3-12,15,17,23,34H,13-14,16H2,1-2H3,(H,29,31,32)/t23-/m0/s1. The summed E-state index contributed by atoms with van der Waals surface area (Å²) in [7, 11) is 1.61. The molecule has 0 aliphatic heterocycles. The smallest absolute Gasteiger partial charge is 0.223 e. The third kappa shape index (κ3) is 5.68. The Morgan fingerprint density at radius 3 is 2.81 bits per heavy atom. The number of ether oxygens (including phenoxy) is 1. The van der Waals surface area contributed by atoms with Crippen molar-refractivity contribution in [2.75, 3.05) is 19.0 Å². The first-order chi connectivity index (χ1) is 18.0. The van der Waals surface area contributed by atoms with E-state index in [1.807, 2.05) is 41.1 Å². The Labute approximate surface area is 218 Å². The highest BCUT2D eigenvalue weighted by molar-refractivity contribution is 7.22. The van der Waals surface area contributed by atoms with Gasteiger partial charge in [0.1, 0.15) is 5.75 Å². The minimum Gasteiger partial charge on any atom is -0.496 e. The van der Waals surface area contributed by atoms with Gasteiger partial charge in [-0.3, -0.25) is 4.79 Å². The highest BCUT2D eigenvalue weighted by atomic mass is 32.1. The monoisotopic (exact) mass is 513 g/mol. The minimum absolute atomic E-state index is 0.00530. The van der Waals surface area contributed by atoms with Crippen molar-refractivity contribution in [3.8, 4) is 16.3 Å². The Kier molecular flexibility index (Phi) is 7.25. The Hall–Kier alpha value is -4.08. The number of fused-ring (bicyclic) bond motifs is 1. The quantitative estimate of drug-likeness (QED) is 0.258. The van der Waals surface area contributed by atoms with E-state index in [1.165, 1.54) is 10.1 Å². The molecule has 9 heteroatoms. The fraction of sp³-hybridized carbons (Fsp3) is 0.214. The molecule has 0 unspecified atom stereocenters. The summed E-state index contributed by atoms with van der Waals surface area (Å²) in [5.41, 5.74) is 3.18. The van der Waals surface area contributed by atoms with Crippen molar-refractivity contribution < 1.29 is 14.6 Å². The van der Waals surface area contributed by atoms with Crippen LogP contribution >= 0.6 is 11.3 Å². The Morgan fingerprint density at radius 2 is 2.03 bits per heavy atom. The molecule has 0 aliphatic rings. The largest absolute Gasteiger partial charge is 0.496 e. The zero-order chi connectivity index (χ0) is 25.8. The summed E-state index contributed by atoms with van der Waals surface area (Å²) in [4.78, 5) is 26.4. The van der Waals surface area contributed by atoms with Gasteiger partial charge in [-0.15, -0.1) is 11.3 Å². The molecule has 0 fully saturated rings. The number of Topliss-reactive ketones (excluding diaryl/α,β-unsaturated/α-hetero) is 1. The number of hydrogen-bond acceptors (Lipinski definition) is 8. The van der Waals surface area contributed by atoms with Crippen LogP contribution in [-0.2, 0) is 13.0 Å². The van der Waals surface area contributed by atoms with Crippen LogP contribution < -0.4 is 10.1 Å². The summed E-state index contributed by atoms with van der Waals surface area (Å²) in [6.07, 6.45) is 5.88. The summed E-state index contributed by atoms with van der Waals surface area (Å²) in [6, 6.07) is 17.4. The van der Waals surface area contributed by atoms with E-state index in [-0.39, 0.29) is 18.4 Å². The molecule has 0 bridgehead atoms. The van der Waals surface area contributed by atoms with Gasteiger partial charge in [-0.25, -0.2) is 15.0 Å². The van der Waals surface area contributed by atoms with Gasteiger partial charge in [-0.05, 0) is 48.7 Å². The SMILES string of the molecule is COc1ccc(C(C)=O)cc1Cn1cnc(C[C@@H](CO)Nc2nccc(-c3cc4ccccc4s3)n2)c1. The molecule has 1 atom stereocenters. The number of aliphatic hydroxyl groups excluding tert-OH is 1. The highest BCUT2D eigenvalue weighted by Crippen LogP contribution is 2.32. The van der Waals surface area contributed by atoms with Gasteiger partial charge in [0, 0.05) is 34.6 Å². The second kappa shape index (κ2) is 10.9. The van der Waals surface area contributed by atoms with Crippen LogP contribution in [0, 0.1) is 0 Å². The summed E-state index contributed by atoms with van der Waals surface area (Å²) >= 11 is 1.69. The van der Waals surface area contributed by atoms with Crippen molar-refractivity contribution in [1.29, 1.82) is 0 Å². The summed E-state index contributed by atoms with van der Waals surface area (Å²) < 4.78 is 8.61. The van der Waals surface area contributed by atoms with E-state index in [0.717, 1.165) is 21.8 Å². The molecule has 37 heavy (non-hydrogen) atoms. The molecular weight excluding hydrogens is 486 g/mol. The van der Waals surface area contributed by atoms with Gasteiger partial charge in [0.25, 0.3) is 0 Å². The van der Waals surface area contributed by atoms with Crippen LogP contribution in [-0.4, -0.2) is 50.2 Å². The number of imidazole rings is 1. The van der Waals surface area contributed by atoms with Gasteiger partial charge in [0.2, 0.25) is 5.95 Å². The number of thiophene rings is 1. The van der Waals surface area contributed by atoms with Gasteiger partial charge < -0.3 is 19.7 Å². The van der Waals surface area contributed by atoms with Crippen LogP contribution in [0.3, 0.4) is 0 Å². The van der Waals surface area contributed by atoms with Crippen molar-refractivity contribution in [3.05, 3.63) is 90.1 Å². The maximum Gasteiger partial charge on any atom is 0.223 e. The molecule has 0 saturated heterocycles. The fourth-order valence-electron chi connectivity index (χ4n) is 4.19. The molecule has 2 N–H and O–H groups in total. The van der Waals surface area contributed by atoms with E-state index in [2.05, 4.69) is 38.5 Å². The number of ketones is 1. The molecule has 0 spiro atoms. The number of methoxy groups -OCH3 is 1. The number of carbonyl (C=O) groups excluding carboxylic acids is 1.